The van der Waals surface area contributed by atoms with Gasteiger partial charge in [0.1, 0.15) is 0 Å². The van der Waals surface area contributed by atoms with Gasteiger partial charge in [0.25, 0.3) is 0 Å². The van der Waals surface area contributed by atoms with E-state index >= 15 is 0 Å². The Morgan fingerprint density at radius 1 is 1.60 bits per heavy atom. The molecule has 0 aromatic heterocycles. The second kappa shape index (κ2) is 25.3. The van der Waals surface area contributed by atoms with E-state index in [0.29, 0.717) is 0 Å². The van der Waals surface area contributed by atoms with E-state index in [1.54, 1.807) is 6.07 Å². The summed E-state index contributed by atoms with van der Waals surface area (Å²) in [5.74, 6) is 0. The van der Waals surface area contributed by atoms with Crippen molar-refractivity contribution in [1.29, 1.82) is 5.26 Å². The van der Waals surface area contributed by atoms with Crippen LogP contribution in [0.15, 0.2) is 0 Å². The molecule has 3 heteroatoms. The van der Waals surface area contributed by atoms with E-state index < -0.39 is 0 Å². The van der Waals surface area contributed by atoms with Gasteiger partial charge in [0.2, 0.25) is 0 Å². The van der Waals surface area contributed by atoms with Crippen molar-refractivity contribution in [3.63, 3.8) is 0 Å². The Morgan fingerprint density at radius 2 is 1.60 bits per heavy atom. The Balaban J connectivity index is -0.0000000200. The van der Waals surface area contributed by atoms with Gasteiger partial charge in [-0.2, -0.15) is 5.26 Å². The van der Waals surface area contributed by atoms with Crippen LogP contribution in [0.25, 0.3) is 0 Å². The first-order valence-corrected chi connectivity index (χ1v) is 0.724. The van der Waals surface area contributed by atoms with Gasteiger partial charge in [-0.15, -0.1) is 0 Å². The quantitative estimate of drug-likeness (QED) is 0.382. The second-order valence-corrected chi connectivity index (χ2v) is 0.224. The molecule has 0 rings (SSSR count). The fourth-order valence-corrected chi connectivity index (χ4v) is 0. The van der Waals surface area contributed by atoms with Crippen molar-refractivity contribution in [3.05, 3.63) is 0 Å². The topological polar surface area (TPSA) is 23.8 Å². The van der Waals surface area contributed by atoms with Crippen LogP contribution in [0.4, 0.5) is 0 Å². The molecule has 0 unspecified atom stereocenters. The molecule has 0 saturated heterocycles. The van der Waals surface area contributed by atoms with Crippen LogP contribution in [0.1, 0.15) is 6.92 Å². The van der Waals surface area contributed by atoms with Crippen LogP contribution >= 0.6 is 0 Å². The molecule has 0 fully saturated rings. The molecule has 0 bridgehead atoms. The van der Waals surface area contributed by atoms with Crippen molar-refractivity contribution in [2.45, 2.75) is 6.92 Å². The number of hydrogen-bond acceptors (Lipinski definition) is 1. The maximum absolute atomic E-state index is 7.32. The van der Waals surface area contributed by atoms with E-state index in [1.165, 1.54) is 6.92 Å². The summed E-state index contributed by atoms with van der Waals surface area (Å²) in [5, 5.41) is 7.32. The first-order valence-electron chi connectivity index (χ1n) is 0.724. The normalized spacial score (nSPS) is 1.60. The molecule has 32 valence electrons. The third kappa shape index (κ3) is 135. The molecular formula is C2H3ClNPd+. The molecular weight excluding hydrogens is 180 g/mol. The Hall–Kier alpha value is 0.442. The molecule has 0 radical (unpaired) electrons. The molecule has 0 aliphatic heterocycles. The SMILES string of the molecule is CC#N.[Cl-].[Pd+2]. The van der Waals surface area contributed by atoms with Crippen molar-refractivity contribution < 1.29 is 32.8 Å². The van der Waals surface area contributed by atoms with E-state index in [4.69, 9.17) is 5.26 Å². The zero-order valence-electron chi connectivity index (χ0n) is 2.64. The fourth-order valence-electron chi connectivity index (χ4n) is 0. The first kappa shape index (κ1) is 18.0. The largest absolute Gasteiger partial charge is 2.00 e. The predicted molar refractivity (Wildman–Crippen MR) is 11.3 cm³/mol. The zero-order chi connectivity index (χ0) is 2.71. The molecule has 0 aromatic rings. The summed E-state index contributed by atoms with van der Waals surface area (Å²) in [7, 11) is 0. The smallest absolute Gasteiger partial charge is 1.00 e. The first-order chi connectivity index (χ1) is 1.41. The van der Waals surface area contributed by atoms with Crippen LogP contribution in [0, 0.1) is 11.3 Å². The second-order valence-electron chi connectivity index (χ2n) is 0.224. The van der Waals surface area contributed by atoms with E-state index in [1.807, 2.05) is 0 Å². The van der Waals surface area contributed by atoms with Crippen LogP contribution in [-0.4, -0.2) is 0 Å². The monoisotopic (exact) mass is 182 g/mol. The minimum absolute atomic E-state index is 0. The third-order valence-electron chi connectivity index (χ3n) is 0. The zero-order valence-corrected chi connectivity index (χ0v) is 4.95. The molecule has 0 atom stereocenters. The van der Waals surface area contributed by atoms with Gasteiger partial charge in [-0.3, -0.25) is 0 Å². The molecule has 0 aromatic carbocycles. The van der Waals surface area contributed by atoms with Gasteiger partial charge in [0.15, 0.2) is 0 Å². The van der Waals surface area contributed by atoms with Gasteiger partial charge < -0.3 is 12.4 Å². The maximum atomic E-state index is 7.32. The van der Waals surface area contributed by atoms with Crippen LogP contribution in [0.5, 0.6) is 0 Å². The summed E-state index contributed by atoms with van der Waals surface area (Å²) in [4.78, 5) is 0. The molecule has 0 spiro atoms. The standard InChI is InChI=1S/C2H3N.ClH.Pd/c1-2-3;;/h1H3;1H;/q;;+2/p-1. The Bertz CT molecular complexity index is 31.1. The van der Waals surface area contributed by atoms with Gasteiger partial charge in [0.05, 0.1) is 6.07 Å². The predicted octanol–water partition coefficient (Wildman–Crippen LogP) is -2.47. The number of hydrogen-bond donors (Lipinski definition) is 0. The van der Waals surface area contributed by atoms with Gasteiger partial charge in [-0.25, -0.2) is 0 Å². The summed E-state index contributed by atoms with van der Waals surface area (Å²) < 4.78 is 0. The Morgan fingerprint density at radius 3 is 1.60 bits per heavy atom. The van der Waals surface area contributed by atoms with Crippen molar-refractivity contribution in [3.8, 4) is 6.07 Å². The average Bonchev–Trinajstić information content (AvgIpc) is 0.918. The van der Waals surface area contributed by atoms with Crippen molar-refractivity contribution in [2.75, 3.05) is 0 Å². The third-order valence-corrected chi connectivity index (χ3v) is 0. The summed E-state index contributed by atoms with van der Waals surface area (Å²) in [6.07, 6.45) is 0. The number of rotatable bonds is 0. The van der Waals surface area contributed by atoms with E-state index in [-0.39, 0.29) is 32.8 Å². The molecule has 0 aliphatic carbocycles. The minimum atomic E-state index is 0. The van der Waals surface area contributed by atoms with E-state index in [9.17, 15) is 0 Å². The number of halogens is 1. The summed E-state index contributed by atoms with van der Waals surface area (Å²) in [5.41, 5.74) is 0. The van der Waals surface area contributed by atoms with Crippen LogP contribution < -0.4 is 12.4 Å². The van der Waals surface area contributed by atoms with Gasteiger partial charge in [0, 0.05) is 6.92 Å². The molecule has 1 nitrogen and oxygen atoms in total. The van der Waals surface area contributed by atoms with Gasteiger partial charge in [-0.05, 0) is 0 Å². The molecule has 5 heavy (non-hydrogen) atoms. The summed E-state index contributed by atoms with van der Waals surface area (Å²) in [6.45, 7) is 1.43. The van der Waals surface area contributed by atoms with Gasteiger partial charge in [-0.1, -0.05) is 0 Å². The summed E-state index contributed by atoms with van der Waals surface area (Å²) in [6, 6.07) is 1.75. The molecule has 0 heterocycles. The molecule has 0 aliphatic rings. The number of nitrogens with zero attached hydrogens (tertiary/aromatic N) is 1. The number of nitriles is 1. The molecule has 0 N–H and O–H groups in total. The van der Waals surface area contributed by atoms with Crippen molar-refractivity contribution in [2.24, 2.45) is 0 Å². The van der Waals surface area contributed by atoms with E-state index in [0.717, 1.165) is 0 Å². The van der Waals surface area contributed by atoms with Crippen molar-refractivity contribution in [1.82, 2.24) is 0 Å². The van der Waals surface area contributed by atoms with Crippen LogP contribution in [-0.2, 0) is 20.4 Å². The van der Waals surface area contributed by atoms with E-state index in [2.05, 4.69) is 0 Å². The maximum Gasteiger partial charge on any atom is 2.00 e. The average molecular weight is 183 g/mol. The van der Waals surface area contributed by atoms with Crippen LogP contribution in [0.2, 0.25) is 0 Å². The van der Waals surface area contributed by atoms with Crippen LogP contribution in [0.3, 0.4) is 0 Å². The summed E-state index contributed by atoms with van der Waals surface area (Å²) >= 11 is 0. The molecule has 0 saturated carbocycles. The fraction of sp³-hybridized carbons (Fsp3) is 0.500. The van der Waals surface area contributed by atoms with Crippen molar-refractivity contribution >= 4 is 0 Å². The minimum Gasteiger partial charge on any atom is -1.00 e. The Kier molecular flexibility index (Phi) is 91.1. The van der Waals surface area contributed by atoms with Gasteiger partial charge >= 0.3 is 20.4 Å². The molecule has 0 amide bonds. The Labute approximate surface area is 51.4 Å².